The van der Waals surface area contributed by atoms with Crippen LogP contribution in [-0.4, -0.2) is 43.0 Å². The molecule has 2 heterocycles. The highest BCUT2D eigenvalue weighted by Gasteiger charge is 2.46. The molecule has 4 aromatic rings. The van der Waals surface area contributed by atoms with E-state index in [9.17, 15) is 31.9 Å². The maximum atomic E-state index is 14.9. The highest BCUT2D eigenvalue weighted by molar-refractivity contribution is 7.80. The number of ketones is 2. The number of fused-ring (bicyclic) bond motifs is 3. The third-order valence-corrected chi connectivity index (χ3v) is 11.6. The Morgan fingerprint density at radius 1 is 0.981 bits per heavy atom. The van der Waals surface area contributed by atoms with Crippen LogP contribution >= 0.6 is 12.2 Å². The fraction of sp³-hybridized carbons (Fsp3) is 0.463. The first kappa shape index (κ1) is 40.7. The van der Waals surface area contributed by atoms with Crippen LogP contribution in [0.3, 0.4) is 0 Å². The number of hydrogen-bond acceptors (Lipinski definition) is 6. The molecule has 1 aliphatic rings. The Kier molecular flexibility index (Phi) is 13.0. The Bertz CT molecular complexity index is 1980. The fourth-order valence-corrected chi connectivity index (χ4v) is 7.81. The molecule has 13 heteroatoms. The van der Waals surface area contributed by atoms with Crippen LogP contribution in [0.2, 0.25) is 0 Å². The predicted molar refractivity (Wildman–Crippen MR) is 203 cm³/mol. The van der Waals surface area contributed by atoms with E-state index in [2.05, 4.69) is 25.6 Å². The minimum atomic E-state index is -4.61. The highest BCUT2D eigenvalue weighted by Crippen LogP contribution is 2.41. The van der Waals surface area contributed by atoms with Gasteiger partial charge in [0, 0.05) is 61.0 Å². The molecule has 0 aliphatic heterocycles. The molecule has 0 spiro atoms. The Hall–Kier alpha value is -4.52. The molecule has 288 valence electrons. The number of aromatic amines is 1. The Morgan fingerprint density at radius 2 is 1.70 bits per heavy atom. The smallest absolute Gasteiger partial charge is 0.374 e. The van der Waals surface area contributed by atoms with Gasteiger partial charge < -0.3 is 15.6 Å². The number of aryl methyl sites for hydroxylation is 1. The SMILES string of the molecule is CCC(C)[C@H](CC(=O)Cc1ccccc1F)C(=O)N[C@]1(C(=O)C[C@H](C(=S)NCc2cnccn2)C(C)CC)CCc2[nH]c3c(C(F)(F)F)cccc3c2C1. The van der Waals surface area contributed by atoms with Gasteiger partial charge in [0.1, 0.15) is 17.1 Å². The summed E-state index contributed by atoms with van der Waals surface area (Å²) in [7, 11) is 0. The van der Waals surface area contributed by atoms with Crippen molar-refractivity contribution in [2.45, 2.75) is 97.3 Å². The van der Waals surface area contributed by atoms with Crippen molar-refractivity contribution in [3.05, 3.63) is 95.0 Å². The van der Waals surface area contributed by atoms with Crippen molar-refractivity contribution in [1.29, 1.82) is 0 Å². The quantitative estimate of drug-likeness (QED) is 0.0781. The van der Waals surface area contributed by atoms with E-state index < -0.39 is 40.8 Å². The largest absolute Gasteiger partial charge is 0.418 e. The number of nitrogens with one attached hydrogen (secondary N) is 3. The zero-order valence-corrected chi connectivity index (χ0v) is 31.8. The topological polar surface area (TPSA) is 117 Å². The first-order valence-electron chi connectivity index (χ1n) is 18.5. The van der Waals surface area contributed by atoms with Crippen molar-refractivity contribution in [3.63, 3.8) is 0 Å². The number of amides is 1. The van der Waals surface area contributed by atoms with E-state index in [1.807, 2.05) is 27.7 Å². The third kappa shape index (κ3) is 9.22. The van der Waals surface area contributed by atoms with Gasteiger partial charge in [-0.3, -0.25) is 24.4 Å². The summed E-state index contributed by atoms with van der Waals surface area (Å²) >= 11 is 5.85. The number of hydrogen-bond donors (Lipinski definition) is 3. The zero-order valence-electron chi connectivity index (χ0n) is 31.0. The number of Topliss-reactive ketones (excluding diaryl/α,β-unsaturated/α-hetero) is 2. The van der Waals surface area contributed by atoms with E-state index in [0.717, 1.165) is 6.07 Å². The molecule has 1 amide bonds. The molecule has 2 unspecified atom stereocenters. The first-order valence-corrected chi connectivity index (χ1v) is 18.9. The van der Waals surface area contributed by atoms with Gasteiger partial charge in [0.25, 0.3) is 0 Å². The van der Waals surface area contributed by atoms with Gasteiger partial charge in [0.2, 0.25) is 5.91 Å². The second-order valence-corrected chi connectivity index (χ2v) is 15.0. The first-order chi connectivity index (χ1) is 25.7. The van der Waals surface area contributed by atoms with Crippen LogP contribution < -0.4 is 10.6 Å². The minimum absolute atomic E-state index is 0.0333. The standard InChI is InChI=1S/C41H47F4N5O3S/c1-5-24(3)30(19-28(51)18-26-10-7-8-13-34(26)42)38(53)50-40(15-14-35-32(21-40)29-11-9-12-33(37(29)49-35)41(43,44)45)36(52)20-31(25(4)6-2)39(54)48-23-27-22-46-16-17-47-27/h7-13,16-17,22,24-25,30-31,49H,5-6,14-15,18-21,23H2,1-4H3,(H,48,54)(H,50,53)/t24?,25?,30-,31-,40+/m0/s1. The normalized spacial score (nSPS) is 17.9. The van der Waals surface area contributed by atoms with E-state index in [1.54, 1.807) is 30.7 Å². The van der Waals surface area contributed by atoms with Crippen LogP contribution in [0.1, 0.15) is 87.9 Å². The van der Waals surface area contributed by atoms with Gasteiger partial charge in [0.15, 0.2) is 5.78 Å². The average Bonchev–Trinajstić information content (AvgIpc) is 3.52. The van der Waals surface area contributed by atoms with Crippen LogP contribution in [0.4, 0.5) is 17.6 Å². The summed E-state index contributed by atoms with van der Waals surface area (Å²) in [6, 6.07) is 9.95. The van der Waals surface area contributed by atoms with Crippen molar-refractivity contribution in [2.24, 2.45) is 23.7 Å². The van der Waals surface area contributed by atoms with Crippen LogP contribution in [0, 0.1) is 29.5 Å². The number of para-hydroxylation sites is 1. The third-order valence-electron chi connectivity index (χ3n) is 11.1. The Balaban J connectivity index is 1.49. The lowest BCUT2D eigenvalue weighted by Crippen LogP contribution is -2.60. The molecule has 1 aliphatic carbocycles. The van der Waals surface area contributed by atoms with Crippen molar-refractivity contribution in [1.82, 2.24) is 25.6 Å². The van der Waals surface area contributed by atoms with Gasteiger partial charge in [-0.1, -0.05) is 83.1 Å². The minimum Gasteiger partial charge on any atom is -0.374 e. The van der Waals surface area contributed by atoms with Crippen molar-refractivity contribution in [3.8, 4) is 0 Å². The van der Waals surface area contributed by atoms with Gasteiger partial charge in [-0.25, -0.2) is 4.39 Å². The maximum Gasteiger partial charge on any atom is 0.418 e. The number of carbonyl (C=O) groups is 3. The molecule has 2 aromatic heterocycles. The highest BCUT2D eigenvalue weighted by atomic mass is 32.1. The van der Waals surface area contributed by atoms with E-state index in [-0.39, 0.29) is 73.0 Å². The van der Waals surface area contributed by atoms with E-state index >= 15 is 0 Å². The molecule has 0 saturated heterocycles. The summed E-state index contributed by atoms with van der Waals surface area (Å²) < 4.78 is 56.7. The van der Waals surface area contributed by atoms with Crippen LogP contribution in [-0.2, 0) is 46.4 Å². The van der Waals surface area contributed by atoms with E-state index in [0.29, 0.717) is 46.7 Å². The van der Waals surface area contributed by atoms with Crippen molar-refractivity contribution in [2.75, 3.05) is 0 Å². The number of thiocarbonyl (C=S) groups is 1. The molecule has 8 nitrogen and oxygen atoms in total. The maximum absolute atomic E-state index is 14.9. The van der Waals surface area contributed by atoms with Gasteiger partial charge in [-0.05, 0) is 47.9 Å². The Morgan fingerprint density at radius 3 is 2.37 bits per heavy atom. The molecule has 5 rings (SSSR count). The lowest BCUT2D eigenvalue weighted by atomic mass is 9.72. The average molecular weight is 766 g/mol. The van der Waals surface area contributed by atoms with Crippen LogP contribution in [0.15, 0.2) is 61.1 Å². The van der Waals surface area contributed by atoms with E-state index in [4.69, 9.17) is 12.2 Å². The second-order valence-electron chi connectivity index (χ2n) is 14.6. The van der Waals surface area contributed by atoms with Crippen LogP contribution in [0.25, 0.3) is 10.9 Å². The number of aromatic nitrogens is 3. The van der Waals surface area contributed by atoms with Gasteiger partial charge in [-0.15, -0.1) is 0 Å². The number of benzene rings is 2. The zero-order chi connectivity index (χ0) is 39.2. The van der Waals surface area contributed by atoms with Crippen molar-refractivity contribution < 1.29 is 31.9 Å². The molecule has 3 N–H and O–H groups in total. The lowest BCUT2D eigenvalue weighted by molar-refractivity contribution is -0.137. The summed E-state index contributed by atoms with van der Waals surface area (Å²) in [4.78, 5) is 54.5. The molecular weight excluding hydrogens is 719 g/mol. The number of halogens is 4. The molecular formula is C41H47F4N5O3S. The monoisotopic (exact) mass is 765 g/mol. The van der Waals surface area contributed by atoms with Crippen LogP contribution in [0.5, 0.6) is 0 Å². The lowest BCUT2D eigenvalue weighted by Gasteiger charge is -2.40. The summed E-state index contributed by atoms with van der Waals surface area (Å²) in [5.74, 6) is -3.18. The molecule has 5 atom stereocenters. The predicted octanol–water partition coefficient (Wildman–Crippen LogP) is 8.06. The number of nitrogens with zero attached hydrogens (tertiary/aromatic N) is 2. The summed E-state index contributed by atoms with van der Waals surface area (Å²) in [5, 5.41) is 6.66. The number of rotatable bonds is 16. The van der Waals surface area contributed by atoms with E-state index in [1.165, 1.54) is 24.3 Å². The summed E-state index contributed by atoms with van der Waals surface area (Å²) in [6.45, 7) is 8.05. The van der Waals surface area contributed by atoms with Gasteiger partial charge in [-0.2, -0.15) is 13.2 Å². The van der Waals surface area contributed by atoms with Gasteiger partial charge >= 0.3 is 6.18 Å². The van der Waals surface area contributed by atoms with Crippen molar-refractivity contribution >= 4 is 45.6 Å². The van der Waals surface area contributed by atoms with Gasteiger partial charge in [0.05, 0.1) is 34.5 Å². The number of carbonyl (C=O) groups excluding carboxylic acids is 3. The molecule has 0 saturated carbocycles. The molecule has 2 aromatic carbocycles. The molecule has 0 fully saturated rings. The summed E-state index contributed by atoms with van der Waals surface area (Å²) in [6.07, 6.45) is 1.30. The molecule has 54 heavy (non-hydrogen) atoms. The number of H-pyrrole nitrogens is 1. The Labute approximate surface area is 318 Å². The molecule has 0 bridgehead atoms. The fourth-order valence-electron chi connectivity index (χ4n) is 7.42. The number of alkyl halides is 3. The molecule has 0 radical (unpaired) electrons. The summed E-state index contributed by atoms with van der Waals surface area (Å²) in [5.41, 5.74) is -0.358. The second kappa shape index (κ2) is 17.3.